The Labute approximate surface area is 128 Å². The highest BCUT2D eigenvalue weighted by Gasteiger charge is 2.12. The first kappa shape index (κ1) is 15.1. The monoisotopic (exact) mass is 351 g/mol. The van der Waals surface area contributed by atoms with Crippen molar-refractivity contribution in [2.45, 2.75) is 6.92 Å². The lowest BCUT2D eigenvalue weighted by molar-refractivity contribution is -0.114. The molecule has 0 spiro atoms. The molecule has 2 amide bonds. The van der Waals surface area contributed by atoms with Crippen LogP contribution in [0.5, 0.6) is 0 Å². The van der Waals surface area contributed by atoms with Crippen LogP contribution in [-0.2, 0) is 4.79 Å². The molecule has 0 atom stereocenters. The number of hydrogen-bond donors (Lipinski definition) is 2. The molecule has 2 rings (SSSR count). The molecule has 21 heavy (non-hydrogen) atoms. The Morgan fingerprint density at radius 1 is 1.24 bits per heavy atom. The molecule has 2 N–H and O–H groups in total. The van der Waals surface area contributed by atoms with Crippen LogP contribution in [0.15, 0.2) is 41.0 Å². The van der Waals surface area contributed by atoms with Crippen molar-refractivity contribution in [3.8, 4) is 0 Å². The van der Waals surface area contributed by atoms with Crippen LogP contribution < -0.4 is 10.6 Å². The molecule has 0 bridgehead atoms. The van der Waals surface area contributed by atoms with Crippen LogP contribution in [0.1, 0.15) is 17.4 Å². The second-order valence-electron chi connectivity index (χ2n) is 4.16. The van der Waals surface area contributed by atoms with E-state index in [9.17, 15) is 14.0 Å². The number of hydrogen-bond acceptors (Lipinski definition) is 3. The fraction of sp³-hybridized carbons (Fsp3) is 0.0714. The minimum absolute atomic E-state index is 0.000358. The third-order valence-corrected chi connectivity index (χ3v) is 3.15. The average molecular weight is 352 g/mol. The average Bonchev–Trinajstić information content (AvgIpc) is 2.42. The van der Waals surface area contributed by atoms with Gasteiger partial charge < -0.3 is 10.6 Å². The van der Waals surface area contributed by atoms with E-state index in [0.29, 0.717) is 10.2 Å². The molecule has 0 aliphatic rings. The Hall–Kier alpha value is -2.28. The number of rotatable bonds is 3. The van der Waals surface area contributed by atoms with Gasteiger partial charge >= 0.3 is 0 Å². The highest BCUT2D eigenvalue weighted by Crippen LogP contribution is 2.21. The fourth-order valence-corrected chi connectivity index (χ4v) is 2.07. The predicted octanol–water partition coefficient (Wildman–Crippen LogP) is 3.19. The van der Waals surface area contributed by atoms with Crippen LogP contribution in [0.25, 0.3) is 0 Å². The third-order valence-electron chi connectivity index (χ3n) is 2.51. The van der Waals surface area contributed by atoms with Crippen molar-refractivity contribution in [3.05, 3.63) is 52.5 Å². The Bertz CT molecular complexity index is 706. The van der Waals surface area contributed by atoms with E-state index in [1.807, 2.05) is 0 Å². The molecular formula is C14H11BrFN3O2. The molecule has 7 heteroatoms. The van der Waals surface area contributed by atoms with Gasteiger partial charge in [0.15, 0.2) is 0 Å². The van der Waals surface area contributed by atoms with E-state index >= 15 is 0 Å². The largest absolute Gasteiger partial charge is 0.324 e. The molecule has 0 fully saturated rings. The van der Waals surface area contributed by atoms with Gasteiger partial charge in [0, 0.05) is 23.3 Å². The Morgan fingerprint density at radius 2 is 2.00 bits per heavy atom. The zero-order chi connectivity index (χ0) is 15.4. The Kier molecular flexibility index (Phi) is 4.64. The van der Waals surface area contributed by atoms with Gasteiger partial charge in [-0.3, -0.25) is 9.59 Å². The second-order valence-corrected chi connectivity index (χ2v) is 5.02. The minimum Gasteiger partial charge on any atom is -0.324 e. The van der Waals surface area contributed by atoms with Crippen molar-refractivity contribution in [2.75, 3.05) is 10.6 Å². The van der Waals surface area contributed by atoms with Crippen LogP contribution in [0.3, 0.4) is 0 Å². The van der Waals surface area contributed by atoms with Gasteiger partial charge in [0.2, 0.25) is 5.91 Å². The standard InChI is InChI=1S/C14H11BrFN3O2/c1-8(20)18-12-7-9(4-5-11(12)16)19-14(21)13-10(15)3-2-6-17-13/h2-7H,1H3,(H,18,20)(H,19,21). The lowest BCUT2D eigenvalue weighted by Gasteiger charge is -2.09. The van der Waals surface area contributed by atoms with Gasteiger partial charge in [-0.25, -0.2) is 9.37 Å². The van der Waals surface area contributed by atoms with Crippen LogP contribution in [0.4, 0.5) is 15.8 Å². The summed E-state index contributed by atoms with van der Waals surface area (Å²) in [7, 11) is 0. The van der Waals surface area contributed by atoms with Crippen molar-refractivity contribution in [3.63, 3.8) is 0 Å². The second kappa shape index (κ2) is 6.45. The maximum atomic E-state index is 13.5. The van der Waals surface area contributed by atoms with Gasteiger partial charge in [-0.15, -0.1) is 0 Å². The van der Waals surface area contributed by atoms with Crippen molar-refractivity contribution in [2.24, 2.45) is 0 Å². The van der Waals surface area contributed by atoms with E-state index in [1.54, 1.807) is 12.1 Å². The molecular weight excluding hydrogens is 341 g/mol. The van der Waals surface area contributed by atoms with E-state index in [2.05, 4.69) is 31.5 Å². The van der Waals surface area contributed by atoms with Gasteiger partial charge in [-0.2, -0.15) is 0 Å². The molecule has 0 radical (unpaired) electrons. The summed E-state index contributed by atoms with van der Waals surface area (Å²) >= 11 is 3.23. The molecule has 0 saturated carbocycles. The number of benzene rings is 1. The topological polar surface area (TPSA) is 71.1 Å². The van der Waals surface area contributed by atoms with E-state index in [-0.39, 0.29) is 11.4 Å². The summed E-state index contributed by atoms with van der Waals surface area (Å²) < 4.78 is 14.1. The molecule has 108 valence electrons. The fourth-order valence-electron chi connectivity index (χ4n) is 1.63. The van der Waals surface area contributed by atoms with Crippen molar-refractivity contribution < 1.29 is 14.0 Å². The Morgan fingerprint density at radius 3 is 2.67 bits per heavy atom. The van der Waals surface area contributed by atoms with E-state index in [4.69, 9.17) is 0 Å². The number of carbonyl (C=O) groups is 2. The first-order valence-corrected chi connectivity index (χ1v) is 6.75. The molecule has 5 nitrogen and oxygen atoms in total. The zero-order valence-electron chi connectivity index (χ0n) is 11.0. The molecule has 0 saturated heterocycles. The summed E-state index contributed by atoms with van der Waals surface area (Å²) in [6.07, 6.45) is 1.49. The number of pyridine rings is 1. The number of nitrogens with one attached hydrogen (secondary N) is 2. The summed E-state index contributed by atoms with van der Waals surface area (Å²) in [5.41, 5.74) is 0.561. The molecule has 0 unspecified atom stereocenters. The van der Waals surface area contributed by atoms with Crippen molar-refractivity contribution in [1.82, 2.24) is 4.98 Å². The maximum absolute atomic E-state index is 13.5. The lowest BCUT2D eigenvalue weighted by Crippen LogP contribution is -2.15. The number of halogens is 2. The molecule has 0 aliphatic heterocycles. The quantitative estimate of drug-likeness (QED) is 0.891. The third kappa shape index (κ3) is 3.85. The van der Waals surface area contributed by atoms with E-state index in [1.165, 1.54) is 25.3 Å². The molecule has 2 aromatic rings. The summed E-state index contributed by atoms with van der Waals surface area (Å²) in [5, 5.41) is 4.94. The van der Waals surface area contributed by atoms with Crippen molar-refractivity contribution in [1.29, 1.82) is 0 Å². The van der Waals surface area contributed by atoms with Crippen molar-refractivity contribution >= 4 is 39.1 Å². The molecule has 1 aromatic carbocycles. The smallest absolute Gasteiger partial charge is 0.275 e. The first-order valence-electron chi connectivity index (χ1n) is 5.96. The van der Waals surface area contributed by atoms with Gasteiger partial charge in [0.25, 0.3) is 5.91 Å². The van der Waals surface area contributed by atoms with Crippen LogP contribution in [-0.4, -0.2) is 16.8 Å². The molecule has 1 heterocycles. The van der Waals surface area contributed by atoms with Gasteiger partial charge in [-0.1, -0.05) is 0 Å². The van der Waals surface area contributed by atoms with Crippen LogP contribution in [0.2, 0.25) is 0 Å². The van der Waals surface area contributed by atoms with E-state index in [0.717, 1.165) is 6.07 Å². The highest BCUT2D eigenvalue weighted by atomic mass is 79.9. The number of aromatic nitrogens is 1. The molecule has 1 aromatic heterocycles. The lowest BCUT2D eigenvalue weighted by atomic mass is 10.2. The first-order chi connectivity index (χ1) is 9.97. The predicted molar refractivity (Wildman–Crippen MR) is 80.6 cm³/mol. The normalized spacial score (nSPS) is 10.0. The Balaban J connectivity index is 2.22. The highest BCUT2D eigenvalue weighted by molar-refractivity contribution is 9.10. The number of amides is 2. The SMILES string of the molecule is CC(=O)Nc1cc(NC(=O)c2ncccc2Br)ccc1F. The number of carbonyl (C=O) groups excluding carboxylic acids is 2. The number of nitrogens with zero attached hydrogens (tertiary/aromatic N) is 1. The van der Waals surface area contributed by atoms with Gasteiger partial charge in [0.05, 0.1) is 5.69 Å². The van der Waals surface area contributed by atoms with E-state index < -0.39 is 17.6 Å². The summed E-state index contributed by atoms with van der Waals surface area (Å²) in [5.74, 6) is -1.42. The van der Waals surface area contributed by atoms with Crippen LogP contribution in [0, 0.1) is 5.82 Å². The zero-order valence-corrected chi connectivity index (χ0v) is 12.6. The minimum atomic E-state index is -0.581. The number of anilines is 2. The summed E-state index contributed by atoms with van der Waals surface area (Å²) in [6.45, 7) is 1.27. The summed E-state index contributed by atoms with van der Waals surface area (Å²) in [6, 6.07) is 7.28. The summed E-state index contributed by atoms with van der Waals surface area (Å²) in [4.78, 5) is 27.0. The van der Waals surface area contributed by atoms with Gasteiger partial charge in [0.1, 0.15) is 11.5 Å². The van der Waals surface area contributed by atoms with Gasteiger partial charge in [-0.05, 0) is 46.3 Å². The van der Waals surface area contributed by atoms with Crippen LogP contribution >= 0.6 is 15.9 Å². The maximum Gasteiger partial charge on any atom is 0.275 e. The molecule has 0 aliphatic carbocycles.